The molecule has 0 aromatic heterocycles. The molecule has 0 spiro atoms. The molecule has 0 saturated carbocycles. The van der Waals surface area contributed by atoms with Crippen LogP contribution in [0.2, 0.25) is 5.02 Å². The van der Waals surface area contributed by atoms with E-state index in [1.54, 1.807) is 0 Å². The van der Waals surface area contributed by atoms with Gasteiger partial charge in [-0.05, 0) is 54.4 Å². The SMILES string of the molecule is Cc1c(Cl)cccc1NC(=O)[C@@H](C)Nc1ccc2ccccc2c1. The fourth-order valence-electron chi connectivity index (χ4n) is 2.58. The van der Waals surface area contributed by atoms with Crippen molar-refractivity contribution in [2.45, 2.75) is 19.9 Å². The molecule has 122 valence electrons. The van der Waals surface area contributed by atoms with Crippen LogP contribution in [0.15, 0.2) is 60.7 Å². The van der Waals surface area contributed by atoms with Gasteiger partial charge in [-0.25, -0.2) is 0 Å². The molecule has 0 aliphatic carbocycles. The molecule has 0 radical (unpaired) electrons. The molecule has 0 fully saturated rings. The van der Waals surface area contributed by atoms with Crippen LogP contribution in [0.5, 0.6) is 0 Å². The van der Waals surface area contributed by atoms with E-state index in [2.05, 4.69) is 22.8 Å². The summed E-state index contributed by atoms with van der Waals surface area (Å²) in [6.45, 7) is 3.73. The van der Waals surface area contributed by atoms with Crippen molar-refractivity contribution in [1.29, 1.82) is 0 Å². The van der Waals surface area contributed by atoms with E-state index in [1.807, 2.05) is 62.4 Å². The second kappa shape index (κ2) is 6.93. The quantitative estimate of drug-likeness (QED) is 0.683. The number of carbonyl (C=O) groups is 1. The third kappa shape index (κ3) is 3.52. The fourth-order valence-corrected chi connectivity index (χ4v) is 2.75. The Morgan fingerprint density at radius 2 is 1.75 bits per heavy atom. The average molecular weight is 339 g/mol. The van der Waals surface area contributed by atoms with E-state index in [1.165, 1.54) is 5.39 Å². The van der Waals surface area contributed by atoms with Crippen molar-refractivity contribution < 1.29 is 4.79 Å². The summed E-state index contributed by atoms with van der Waals surface area (Å²) in [4.78, 5) is 12.4. The van der Waals surface area contributed by atoms with Crippen LogP contribution < -0.4 is 10.6 Å². The van der Waals surface area contributed by atoms with E-state index >= 15 is 0 Å². The highest BCUT2D eigenvalue weighted by molar-refractivity contribution is 6.31. The van der Waals surface area contributed by atoms with Gasteiger partial charge in [0.05, 0.1) is 0 Å². The standard InChI is InChI=1S/C20H19ClN2O/c1-13-18(21)8-5-9-19(13)23-20(24)14(2)22-17-11-10-15-6-3-4-7-16(15)12-17/h3-12,14,22H,1-2H3,(H,23,24)/t14-/m1/s1. The van der Waals surface area contributed by atoms with E-state index in [9.17, 15) is 4.79 Å². The Morgan fingerprint density at radius 3 is 2.54 bits per heavy atom. The lowest BCUT2D eigenvalue weighted by molar-refractivity contribution is -0.116. The highest BCUT2D eigenvalue weighted by atomic mass is 35.5. The van der Waals surface area contributed by atoms with Gasteiger partial charge in [0.15, 0.2) is 0 Å². The van der Waals surface area contributed by atoms with Crippen LogP contribution in [0.4, 0.5) is 11.4 Å². The van der Waals surface area contributed by atoms with Crippen molar-refractivity contribution in [2.24, 2.45) is 0 Å². The molecule has 1 amide bonds. The van der Waals surface area contributed by atoms with E-state index in [0.29, 0.717) is 5.02 Å². The van der Waals surface area contributed by atoms with Crippen LogP contribution in [-0.2, 0) is 4.79 Å². The molecule has 0 unspecified atom stereocenters. The first-order valence-corrected chi connectivity index (χ1v) is 8.24. The Hall–Kier alpha value is -2.52. The zero-order valence-electron chi connectivity index (χ0n) is 13.6. The van der Waals surface area contributed by atoms with Crippen molar-refractivity contribution in [2.75, 3.05) is 10.6 Å². The first-order chi connectivity index (χ1) is 11.5. The first-order valence-electron chi connectivity index (χ1n) is 7.86. The van der Waals surface area contributed by atoms with Crippen LogP contribution in [0, 0.1) is 6.92 Å². The predicted octanol–water partition coefficient (Wildman–Crippen LogP) is 5.24. The fraction of sp³-hybridized carbons (Fsp3) is 0.150. The van der Waals surface area contributed by atoms with Gasteiger partial charge >= 0.3 is 0 Å². The first kappa shape index (κ1) is 16.3. The summed E-state index contributed by atoms with van der Waals surface area (Å²) in [5, 5.41) is 9.12. The molecule has 0 aliphatic heterocycles. The zero-order chi connectivity index (χ0) is 17.1. The summed E-state index contributed by atoms with van der Waals surface area (Å²) < 4.78 is 0. The lowest BCUT2D eigenvalue weighted by atomic mass is 10.1. The summed E-state index contributed by atoms with van der Waals surface area (Å²) in [5.74, 6) is -0.103. The predicted molar refractivity (Wildman–Crippen MR) is 102 cm³/mol. The van der Waals surface area contributed by atoms with Gasteiger partial charge in [-0.3, -0.25) is 4.79 Å². The van der Waals surface area contributed by atoms with Gasteiger partial charge in [-0.15, -0.1) is 0 Å². The third-order valence-corrected chi connectivity index (χ3v) is 4.46. The van der Waals surface area contributed by atoms with Crippen molar-refractivity contribution >= 4 is 39.7 Å². The summed E-state index contributed by atoms with van der Waals surface area (Å²) in [6, 6.07) is 19.3. The van der Waals surface area contributed by atoms with Gasteiger partial charge in [0.1, 0.15) is 6.04 Å². The van der Waals surface area contributed by atoms with Crippen LogP contribution in [0.1, 0.15) is 12.5 Å². The molecule has 4 heteroatoms. The summed E-state index contributed by atoms with van der Waals surface area (Å²) in [5.41, 5.74) is 2.52. The van der Waals surface area contributed by atoms with E-state index in [4.69, 9.17) is 11.6 Å². The molecule has 1 atom stereocenters. The Labute approximate surface area is 146 Å². The van der Waals surface area contributed by atoms with Gasteiger partial charge in [0, 0.05) is 16.4 Å². The number of hydrogen-bond acceptors (Lipinski definition) is 2. The molecule has 0 bridgehead atoms. The lowest BCUT2D eigenvalue weighted by Crippen LogP contribution is -2.32. The highest BCUT2D eigenvalue weighted by Gasteiger charge is 2.14. The topological polar surface area (TPSA) is 41.1 Å². The number of anilines is 2. The second-order valence-electron chi connectivity index (χ2n) is 5.83. The molecule has 0 heterocycles. The van der Waals surface area contributed by atoms with Gasteiger partial charge in [0.25, 0.3) is 0 Å². The number of amides is 1. The Kier molecular flexibility index (Phi) is 4.72. The molecule has 3 aromatic carbocycles. The Bertz CT molecular complexity index is 892. The lowest BCUT2D eigenvalue weighted by Gasteiger charge is -2.17. The molecule has 0 saturated heterocycles. The van der Waals surface area contributed by atoms with Gasteiger partial charge in [0.2, 0.25) is 5.91 Å². The van der Waals surface area contributed by atoms with Crippen molar-refractivity contribution in [3.8, 4) is 0 Å². The Morgan fingerprint density at radius 1 is 1.00 bits per heavy atom. The van der Waals surface area contributed by atoms with Gasteiger partial charge in [-0.1, -0.05) is 48.0 Å². The number of halogens is 1. The number of nitrogens with one attached hydrogen (secondary N) is 2. The maximum absolute atomic E-state index is 12.4. The van der Waals surface area contributed by atoms with Crippen LogP contribution in [0.3, 0.4) is 0 Å². The van der Waals surface area contributed by atoms with E-state index < -0.39 is 0 Å². The van der Waals surface area contributed by atoms with Crippen molar-refractivity contribution in [1.82, 2.24) is 0 Å². The summed E-state index contributed by atoms with van der Waals surface area (Å²) >= 11 is 6.10. The summed E-state index contributed by atoms with van der Waals surface area (Å²) in [6.07, 6.45) is 0. The number of carbonyl (C=O) groups excluding carboxylic acids is 1. The normalized spacial score (nSPS) is 12.0. The molecule has 3 rings (SSSR count). The van der Waals surface area contributed by atoms with E-state index in [0.717, 1.165) is 22.3 Å². The monoisotopic (exact) mass is 338 g/mol. The minimum atomic E-state index is -0.371. The average Bonchev–Trinajstić information content (AvgIpc) is 2.58. The Balaban J connectivity index is 1.72. The number of benzene rings is 3. The van der Waals surface area contributed by atoms with E-state index in [-0.39, 0.29) is 11.9 Å². The van der Waals surface area contributed by atoms with Crippen LogP contribution in [0.25, 0.3) is 10.8 Å². The van der Waals surface area contributed by atoms with Crippen LogP contribution >= 0.6 is 11.6 Å². The van der Waals surface area contributed by atoms with Crippen molar-refractivity contribution in [3.63, 3.8) is 0 Å². The molecule has 2 N–H and O–H groups in total. The largest absolute Gasteiger partial charge is 0.374 e. The maximum Gasteiger partial charge on any atom is 0.246 e. The second-order valence-corrected chi connectivity index (χ2v) is 6.24. The number of fused-ring (bicyclic) bond motifs is 1. The molecule has 3 nitrogen and oxygen atoms in total. The molecule has 24 heavy (non-hydrogen) atoms. The molecular formula is C20H19ClN2O. The highest BCUT2D eigenvalue weighted by Crippen LogP contribution is 2.23. The van der Waals surface area contributed by atoms with Gasteiger partial charge in [-0.2, -0.15) is 0 Å². The maximum atomic E-state index is 12.4. The third-order valence-electron chi connectivity index (χ3n) is 4.05. The van der Waals surface area contributed by atoms with Crippen LogP contribution in [-0.4, -0.2) is 11.9 Å². The van der Waals surface area contributed by atoms with Crippen molar-refractivity contribution in [3.05, 3.63) is 71.2 Å². The molecule has 0 aliphatic rings. The molecular weight excluding hydrogens is 320 g/mol. The van der Waals surface area contributed by atoms with Gasteiger partial charge < -0.3 is 10.6 Å². The molecule has 3 aromatic rings. The number of rotatable bonds is 4. The minimum Gasteiger partial charge on any atom is -0.374 e. The summed E-state index contributed by atoms with van der Waals surface area (Å²) in [7, 11) is 0. The minimum absolute atomic E-state index is 0.103. The smallest absolute Gasteiger partial charge is 0.246 e. The number of hydrogen-bond donors (Lipinski definition) is 2. The zero-order valence-corrected chi connectivity index (χ0v) is 14.4.